The van der Waals surface area contributed by atoms with Gasteiger partial charge in [0, 0.05) is 35.5 Å². The van der Waals surface area contributed by atoms with Crippen LogP contribution in [-0.2, 0) is 11.2 Å². The smallest absolute Gasteiger partial charge is 0.220 e. The van der Waals surface area contributed by atoms with Crippen LogP contribution in [0.15, 0.2) is 30.3 Å². The van der Waals surface area contributed by atoms with Gasteiger partial charge in [-0.2, -0.15) is 5.10 Å². The first kappa shape index (κ1) is 19.4. The van der Waals surface area contributed by atoms with Crippen molar-refractivity contribution in [2.24, 2.45) is 0 Å². The summed E-state index contributed by atoms with van der Waals surface area (Å²) in [6.07, 6.45) is 5.80. The van der Waals surface area contributed by atoms with Gasteiger partial charge in [0.1, 0.15) is 5.75 Å². The van der Waals surface area contributed by atoms with Crippen LogP contribution in [0, 0.1) is 13.8 Å². The summed E-state index contributed by atoms with van der Waals surface area (Å²) < 4.78 is 7.35. The second-order valence-corrected chi connectivity index (χ2v) is 7.81. The number of nitrogens with one attached hydrogen (secondary N) is 1. The van der Waals surface area contributed by atoms with Crippen LogP contribution in [-0.4, -0.2) is 33.7 Å². The van der Waals surface area contributed by atoms with Gasteiger partial charge in [-0.15, -0.1) is 0 Å². The highest BCUT2D eigenvalue weighted by Gasteiger charge is 2.19. The third-order valence-electron chi connectivity index (χ3n) is 5.87. The van der Waals surface area contributed by atoms with Crippen molar-refractivity contribution in [2.45, 2.75) is 58.4 Å². The predicted octanol–water partition coefficient (Wildman–Crippen LogP) is 4.01. The molecule has 29 heavy (non-hydrogen) atoms. The molecule has 152 valence electrons. The first-order chi connectivity index (χ1) is 14.1. The van der Waals surface area contributed by atoms with Crippen molar-refractivity contribution >= 4 is 11.6 Å². The van der Waals surface area contributed by atoms with Crippen LogP contribution in [0.2, 0.25) is 0 Å². The van der Waals surface area contributed by atoms with Crippen molar-refractivity contribution < 1.29 is 9.53 Å². The number of para-hydroxylation sites is 1. The van der Waals surface area contributed by atoms with E-state index in [0.29, 0.717) is 18.9 Å². The van der Waals surface area contributed by atoms with E-state index in [1.807, 2.05) is 48.7 Å². The number of rotatable bonds is 6. The molecule has 1 fully saturated rings. The second-order valence-electron chi connectivity index (χ2n) is 7.81. The Labute approximate surface area is 171 Å². The average molecular weight is 393 g/mol. The largest absolute Gasteiger partial charge is 0.496 e. The molecule has 1 aromatic carbocycles. The van der Waals surface area contributed by atoms with Crippen molar-refractivity contribution in [1.29, 1.82) is 0 Å². The van der Waals surface area contributed by atoms with Crippen molar-refractivity contribution in [3.63, 3.8) is 0 Å². The van der Waals surface area contributed by atoms with E-state index in [1.54, 1.807) is 7.11 Å². The number of ether oxygens (including phenoxy) is 1. The molecule has 1 aliphatic carbocycles. The number of hydrogen-bond acceptors (Lipinski definition) is 4. The van der Waals surface area contributed by atoms with Crippen LogP contribution in [0.25, 0.3) is 16.9 Å². The van der Waals surface area contributed by atoms with Gasteiger partial charge in [0.05, 0.1) is 12.8 Å². The van der Waals surface area contributed by atoms with Crippen molar-refractivity contribution in [3.8, 4) is 17.0 Å². The van der Waals surface area contributed by atoms with E-state index in [2.05, 4.69) is 5.32 Å². The quantitative estimate of drug-likeness (QED) is 0.688. The van der Waals surface area contributed by atoms with E-state index in [1.165, 1.54) is 12.8 Å². The van der Waals surface area contributed by atoms with Crippen molar-refractivity contribution in [2.75, 3.05) is 7.11 Å². The second kappa shape index (κ2) is 8.23. The lowest BCUT2D eigenvalue weighted by Gasteiger charge is -2.13. The Morgan fingerprint density at radius 3 is 2.76 bits per heavy atom. The topological polar surface area (TPSA) is 68.5 Å². The van der Waals surface area contributed by atoms with Crippen LogP contribution in [0.5, 0.6) is 5.75 Å². The third-order valence-corrected chi connectivity index (χ3v) is 5.87. The summed E-state index contributed by atoms with van der Waals surface area (Å²) in [5.41, 5.74) is 5.65. The number of hydrogen-bond donors (Lipinski definition) is 1. The van der Waals surface area contributed by atoms with Gasteiger partial charge in [0.2, 0.25) is 5.91 Å². The summed E-state index contributed by atoms with van der Waals surface area (Å²) in [5.74, 6) is 0.917. The van der Waals surface area contributed by atoms with Gasteiger partial charge in [-0.1, -0.05) is 25.0 Å². The summed E-state index contributed by atoms with van der Waals surface area (Å²) in [7, 11) is 1.66. The molecule has 0 radical (unpaired) electrons. The Morgan fingerprint density at radius 2 is 2.00 bits per heavy atom. The van der Waals surface area contributed by atoms with E-state index < -0.39 is 0 Å². The molecule has 6 heteroatoms. The van der Waals surface area contributed by atoms with Crippen LogP contribution in [0.4, 0.5) is 0 Å². The molecule has 0 aliphatic heterocycles. The molecule has 1 saturated carbocycles. The van der Waals surface area contributed by atoms with E-state index >= 15 is 0 Å². The highest BCUT2D eigenvalue weighted by atomic mass is 16.5. The Kier molecular flexibility index (Phi) is 5.51. The SMILES string of the molecule is COc1ccccc1-c1cc2nc(C)c(CCC(=O)NC3CCCC3)c(C)n2n1. The van der Waals surface area contributed by atoms with E-state index in [-0.39, 0.29) is 5.91 Å². The number of carbonyl (C=O) groups is 1. The van der Waals surface area contributed by atoms with Gasteiger partial charge in [0.25, 0.3) is 0 Å². The van der Waals surface area contributed by atoms with Crippen molar-refractivity contribution in [3.05, 3.63) is 47.3 Å². The highest BCUT2D eigenvalue weighted by molar-refractivity contribution is 5.76. The molecule has 1 aliphatic rings. The number of aromatic nitrogens is 3. The number of fused-ring (bicyclic) bond motifs is 1. The molecule has 0 spiro atoms. The summed E-state index contributed by atoms with van der Waals surface area (Å²) in [4.78, 5) is 17.1. The fourth-order valence-corrected chi connectivity index (χ4v) is 4.28. The Balaban J connectivity index is 1.58. The normalized spacial score (nSPS) is 14.4. The molecule has 0 saturated heterocycles. The maximum atomic E-state index is 12.4. The molecular weight excluding hydrogens is 364 g/mol. The number of nitrogens with zero attached hydrogens (tertiary/aromatic N) is 3. The minimum atomic E-state index is 0.131. The molecule has 6 nitrogen and oxygen atoms in total. The fraction of sp³-hybridized carbons (Fsp3) is 0.435. The lowest BCUT2D eigenvalue weighted by atomic mass is 10.1. The van der Waals surface area contributed by atoms with Gasteiger partial charge in [-0.05, 0) is 50.8 Å². The Hall–Kier alpha value is -2.89. The van der Waals surface area contributed by atoms with Gasteiger partial charge in [-0.3, -0.25) is 4.79 Å². The zero-order valence-corrected chi connectivity index (χ0v) is 17.4. The standard InChI is InChI=1S/C23H28N4O2/c1-15-18(12-13-23(28)25-17-8-4-5-9-17)16(2)27-22(24-15)14-20(26-27)19-10-6-7-11-21(19)29-3/h6-7,10-11,14,17H,4-5,8-9,12-13H2,1-3H3,(H,25,28). The number of carbonyl (C=O) groups excluding carboxylic acids is 1. The van der Waals surface area contributed by atoms with Gasteiger partial charge < -0.3 is 10.1 Å². The third kappa shape index (κ3) is 3.97. The van der Waals surface area contributed by atoms with Crippen molar-refractivity contribution in [1.82, 2.24) is 19.9 Å². The van der Waals surface area contributed by atoms with Gasteiger partial charge in [-0.25, -0.2) is 9.50 Å². The number of methoxy groups -OCH3 is 1. The van der Waals surface area contributed by atoms with E-state index in [9.17, 15) is 4.79 Å². The van der Waals surface area contributed by atoms with E-state index in [0.717, 1.165) is 52.4 Å². The predicted molar refractivity (Wildman–Crippen MR) is 113 cm³/mol. The highest BCUT2D eigenvalue weighted by Crippen LogP contribution is 2.30. The summed E-state index contributed by atoms with van der Waals surface area (Å²) in [6, 6.07) is 10.2. The number of benzene rings is 1. The maximum absolute atomic E-state index is 12.4. The van der Waals surface area contributed by atoms with Crippen LogP contribution >= 0.6 is 0 Å². The number of aryl methyl sites for hydroxylation is 2. The molecule has 1 amide bonds. The van der Waals surface area contributed by atoms with Crippen LogP contribution < -0.4 is 10.1 Å². The molecule has 0 bridgehead atoms. The molecule has 2 heterocycles. The monoisotopic (exact) mass is 392 g/mol. The number of amides is 1. The van der Waals surface area contributed by atoms with Gasteiger partial charge >= 0.3 is 0 Å². The molecule has 1 N–H and O–H groups in total. The molecule has 4 rings (SSSR count). The first-order valence-electron chi connectivity index (χ1n) is 10.4. The van der Waals surface area contributed by atoms with E-state index in [4.69, 9.17) is 14.8 Å². The molecular formula is C23H28N4O2. The Bertz CT molecular complexity index is 1030. The zero-order chi connectivity index (χ0) is 20.4. The summed E-state index contributed by atoms with van der Waals surface area (Å²) in [6.45, 7) is 4.05. The molecule has 3 aromatic rings. The first-order valence-corrected chi connectivity index (χ1v) is 10.4. The Morgan fingerprint density at radius 1 is 1.24 bits per heavy atom. The lowest BCUT2D eigenvalue weighted by molar-refractivity contribution is -0.121. The van der Waals surface area contributed by atoms with Gasteiger partial charge in [0.15, 0.2) is 5.65 Å². The molecule has 2 aromatic heterocycles. The minimum absolute atomic E-state index is 0.131. The summed E-state index contributed by atoms with van der Waals surface area (Å²) in [5, 5.41) is 7.94. The minimum Gasteiger partial charge on any atom is -0.496 e. The lowest BCUT2D eigenvalue weighted by Crippen LogP contribution is -2.32. The summed E-state index contributed by atoms with van der Waals surface area (Å²) >= 11 is 0. The van der Waals surface area contributed by atoms with Crippen LogP contribution in [0.3, 0.4) is 0 Å². The fourth-order valence-electron chi connectivity index (χ4n) is 4.28. The maximum Gasteiger partial charge on any atom is 0.220 e. The molecule has 0 unspecified atom stereocenters. The average Bonchev–Trinajstić information content (AvgIpc) is 3.37. The van der Waals surface area contributed by atoms with Crippen LogP contribution in [0.1, 0.15) is 49.1 Å². The molecule has 0 atom stereocenters. The zero-order valence-electron chi connectivity index (χ0n) is 17.4.